The largest absolute Gasteiger partial charge is 0.481 e. The molecule has 1 aromatic carbocycles. The number of aliphatic carboxylic acids is 1. The first-order valence-corrected chi connectivity index (χ1v) is 6.23. The number of likely N-dealkylation sites (N-methyl/N-ethyl adjacent to an activating group) is 1. The van der Waals surface area contributed by atoms with Gasteiger partial charge in [-0.05, 0) is 31.7 Å². The van der Waals surface area contributed by atoms with Crippen LogP contribution in [0.3, 0.4) is 0 Å². The number of carboxylic acid groups (broad SMARTS) is 1. The number of carbonyl (C=O) groups is 2. The lowest BCUT2D eigenvalue weighted by Gasteiger charge is -2.16. The molecule has 0 unspecified atom stereocenters. The number of hydrogen-bond donors (Lipinski definition) is 2. The van der Waals surface area contributed by atoms with Crippen LogP contribution in [0.5, 0.6) is 0 Å². The van der Waals surface area contributed by atoms with Crippen molar-refractivity contribution >= 4 is 29.2 Å². The molecule has 0 fully saturated rings. The Bertz CT molecular complexity index is 477. The van der Waals surface area contributed by atoms with Gasteiger partial charge in [-0.15, -0.1) is 0 Å². The van der Waals surface area contributed by atoms with Crippen molar-refractivity contribution in [2.75, 3.05) is 25.5 Å². The average molecular weight is 285 g/mol. The van der Waals surface area contributed by atoms with Crippen molar-refractivity contribution in [1.82, 2.24) is 4.90 Å². The Morgan fingerprint density at radius 2 is 2.11 bits per heavy atom. The molecular formula is C13H17ClN2O3. The molecule has 0 bridgehead atoms. The number of anilines is 1. The van der Waals surface area contributed by atoms with Crippen LogP contribution in [0.4, 0.5) is 5.69 Å². The number of rotatable bonds is 6. The average Bonchev–Trinajstić information content (AvgIpc) is 2.32. The Morgan fingerprint density at radius 3 is 2.74 bits per heavy atom. The number of carboxylic acids is 1. The van der Waals surface area contributed by atoms with E-state index in [-0.39, 0.29) is 18.9 Å². The quantitative estimate of drug-likeness (QED) is 0.838. The van der Waals surface area contributed by atoms with E-state index in [9.17, 15) is 9.59 Å². The van der Waals surface area contributed by atoms with E-state index in [4.69, 9.17) is 16.7 Å². The number of carbonyl (C=O) groups excluding carboxylic acids is 1. The van der Waals surface area contributed by atoms with E-state index in [0.29, 0.717) is 17.3 Å². The molecule has 0 aliphatic rings. The van der Waals surface area contributed by atoms with E-state index < -0.39 is 5.97 Å². The molecule has 1 rings (SSSR count). The molecular weight excluding hydrogens is 268 g/mol. The number of hydrogen-bond acceptors (Lipinski definition) is 3. The van der Waals surface area contributed by atoms with Crippen molar-refractivity contribution in [2.45, 2.75) is 13.3 Å². The Morgan fingerprint density at radius 1 is 1.42 bits per heavy atom. The third-order valence-electron chi connectivity index (χ3n) is 2.66. The zero-order valence-corrected chi connectivity index (χ0v) is 11.7. The summed E-state index contributed by atoms with van der Waals surface area (Å²) in [5, 5.41) is 11.9. The fourth-order valence-electron chi connectivity index (χ4n) is 1.54. The second kappa shape index (κ2) is 7.11. The van der Waals surface area contributed by atoms with Crippen LogP contribution in [0.15, 0.2) is 18.2 Å². The van der Waals surface area contributed by atoms with Gasteiger partial charge in [0.05, 0.1) is 13.0 Å². The summed E-state index contributed by atoms with van der Waals surface area (Å²) >= 11 is 5.96. The van der Waals surface area contributed by atoms with Crippen LogP contribution in [0.1, 0.15) is 12.0 Å². The molecule has 0 radical (unpaired) electrons. The predicted octanol–water partition coefficient (Wildman–Crippen LogP) is 1.99. The van der Waals surface area contributed by atoms with Gasteiger partial charge in [0.1, 0.15) is 0 Å². The van der Waals surface area contributed by atoms with Gasteiger partial charge >= 0.3 is 5.97 Å². The lowest BCUT2D eigenvalue weighted by Crippen LogP contribution is -2.31. The van der Waals surface area contributed by atoms with E-state index in [1.807, 2.05) is 6.92 Å². The van der Waals surface area contributed by atoms with Gasteiger partial charge in [0.25, 0.3) is 0 Å². The summed E-state index contributed by atoms with van der Waals surface area (Å²) < 4.78 is 0. The van der Waals surface area contributed by atoms with Crippen LogP contribution in [0.2, 0.25) is 5.02 Å². The van der Waals surface area contributed by atoms with Crippen LogP contribution in [0.25, 0.3) is 0 Å². The fraction of sp³-hybridized carbons (Fsp3) is 0.385. The fourth-order valence-corrected chi connectivity index (χ4v) is 1.72. The Balaban J connectivity index is 2.51. The van der Waals surface area contributed by atoms with Crippen molar-refractivity contribution in [3.05, 3.63) is 28.8 Å². The Hall–Kier alpha value is -1.59. The molecule has 19 heavy (non-hydrogen) atoms. The monoisotopic (exact) mass is 284 g/mol. The molecule has 1 amide bonds. The summed E-state index contributed by atoms with van der Waals surface area (Å²) in [6.45, 7) is 2.29. The lowest BCUT2D eigenvalue weighted by atomic mass is 10.2. The van der Waals surface area contributed by atoms with E-state index in [1.165, 1.54) is 0 Å². The molecule has 1 aromatic rings. The smallest absolute Gasteiger partial charge is 0.304 e. The van der Waals surface area contributed by atoms with Crippen LogP contribution in [-0.4, -0.2) is 42.0 Å². The highest BCUT2D eigenvalue weighted by molar-refractivity contribution is 6.31. The maximum Gasteiger partial charge on any atom is 0.304 e. The molecule has 0 aliphatic carbocycles. The highest BCUT2D eigenvalue weighted by Crippen LogP contribution is 2.22. The summed E-state index contributed by atoms with van der Waals surface area (Å²) in [7, 11) is 1.70. The van der Waals surface area contributed by atoms with Gasteiger partial charge in [-0.25, -0.2) is 0 Å². The lowest BCUT2D eigenvalue weighted by molar-refractivity contribution is -0.137. The molecule has 0 saturated heterocycles. The molecule has 6 heteroatoms. The first-order valence-electron chi connectivity index (χ1n) is 5.85. The van der Waals surface area contributed by atoms with Crippen molar-refractivity contribution in [3.8, 4) is 0 Å². The van der Waals surface area contributed by atoms with Crippen LogP contribution in [0, 0.1) is 6.92 Å². The molecule has 0 aromatic heterocycles. The third-order valence-corrected chi connectivity index (χ3v) is 3.07. The van der Waals surface area contributed by atoms with Crippen LogP contribution < -0.4 is 5.32 Å². The minimum Gasteiger partial charge on any atom is -0.481 e. The second-order valence-electron chi connectivity index (χ2n) is 4.34. The standard InChI is InChI=1S/C13H17ClN2O3/c1-9-10(14)4-3-5-11(9)15-12(17)8-16(2)7-6-13(18)19/h3-5H,6-8H2,1-2H3,(H,15,17)(H,18,19). The number of benzene rings is 1. The van der Waals surface area contributed by atoms with Crippen LogP contribution in [-0.2, 0) is 9.59 Å². The summed E-state index contributed by atoms with van der Waals surface area (Å²) in [5.74, 6) is -1.07. The molecule has 104 valence electrons. The maximum absolute atomic E-state index is 11.8. The molecule has 0 spiro atoms. The SMILES string of the molecule is Cc1c(Cl)cccc1NC(=O)CN(C)CCC(=O)O. The van der Waals surface area contributed by atoms with Gasteiger partial charge in [-0.2, -0.15) is 0 Å². The molecule has 0 atom stereocenters. The summed E-state index contributed by atoms with van der Waals surface area (Å²) in [4.78, 5) is 23.9. The van der Waals surface area contributed by atoms with Gasteiger partial charge in [0.2, 0.25) is 5.91 Å². The second-order valence-corrected chi connectivity index (χ2v) is 4.75. The first-order chi connectivity index (χ1) is 8.90. The zero-order chi connectivity index (χ0) is 14.4. The van der Waals surface area contributed by atoms with Crippen molar-refractivity contribution in [1.29, 1.82) is 0 Å². The number of nitrogens with zero attached hydrogens (tertiary/aromatic N) is 1. The van der Waals surface area contributed by atoms with E-state index in [0.717, 1.165) is 5.56 Å². The van der Waals surface area contributed by atoms with Crippen molar-refractivity contribution in [2.24, 2.45) is 0 Å². The maximum atomic E-state index is 11.8. The van der Waals surface area contributed by atoms with E-state index in [1.54, 1.807) is 30.1 Å². The van der Waals surface area contributed by atoms with Crippen LogP contribution >= 0.6 is 11.6 Å². The zero-order valence-electron chi connectivity index (χ0n) is 10.9. The summed E-state index contributed by atoms with van der Waals surface area (Å²) in [6.07, 6.45) is 0.0139. The molecule has 2 N–H and O–H groups in total. The summed E-state index contributed by atoms with van der Waals surface area (Å²) in [5.41, 5.74) is 1.48. The highest BCUT2D eigenvalue weighted by Gasteiger charge is 2.10. The number of nitrogens with one attached hydrogen (secondary N) is 1. The van der Waals surface area contributed by atoms with Gasteiger partial charge in [-0.1, -0.05) is 17.7 Å². The molecule has 0 aliphatic heterocycles. The van der Waals surface area contributed by atoms with E-state index >= 15 is 0 Å². The van der Waals surface area contributed by atoms with Crippen molar-refractivity contribution in [3.63, 3.8) is 0 Å². The molecule has 0 heterocycles. The first kappa shape index (κ1) is 15.5. The Kier molecular flexibility index (Phi) is 5.79. The highest BCUT2D eigenvalue weighted by atomic mass is 35.5. The number of amides is 1. The minimum absolute atomic E-state index is 0.0139. The number of halogens is 1. The van der Waals surface area contributed by atoms with Gasteiger partial charge < -0.3 is 10.4 Å². The normalized spacial score (nSPS) is 10.5. The van der Waals surface area contributed by atoms with Gasteiger partial charge in [0, 0.05) is 17.3 Å². The van der Waals surface area contributed by atoms with E-state index in [2.05, 4.69) is 5.32 Å². The van der Waals surface area contributed by atoms with Crippen molar-refractivity contribution < 1.29 is 14.7 Å². The third kappa shape index (κ3) is 5.28. The molecule has 5 nitrogen and oxygen atoms in total. The topological polar surface area (TPSA) is 69.6 Å². The predicted molar refractivity (Wildman–Crippen MR) is 74.6 cm³/mol. The minimum atomic E-state index is -0.877. The Labute approximate surface area is 117 Å². The molecule has 0 saturated carbocycles. The van der Waals surface area contributed by atoms with Gasteiger partial charge in [-0.3, -0.25) is 14.5 Å². The van der Waals surface area contributed by atoms with Gasteiger partial charge in [0.15, 0.2) is 0 Å². The summed E-state index contributed by atoms with van der Waals surface area (Å²) in [6, 6.07) is 5.29.